The van der Waals surface area contributed by atoms with Crippen LogP contribution in [0.15, 0.2) is 24.3 Å². The second-order valence-corrected chi connectivity index (χ2v) is 5.00. The van der Waals surface area contributed by atoms with Gasteiger partial charge in [0.25, 0.3) is 0 Å². The fourth-order valence-electron chi connectivity index (χ4n) is 1.87. The van der Waals surface area contributed by atoms with Crippen LogP contribution in [0.3, 0.4) is 0 Å². The Morgan fingerprint density at radius 1 is 1.16 bits per heavy atom. The highest BCUT2D eigenvalue weighted by Crippen LogP contribution is 2.17. The van der Waals surface area contributed by atoms with Crippen molar-refractivity contribution in [1.82, 2.24) is 5.32 Å². The van der Waals surface area contributed by atoms with Crippen LogP contribution < -0.4 is 10.1 Å². The molecule has 0 aliphatic carbocycles. The largest absolute Gasteiger partial charge is 0.497 e. The molecule has 0 saturated heterocycles. The average Bonchev–Trinajstić information content (AvgIpc) is 2.42. The number of ether oxygens (including phenoxy) is 2. The van der Waals surface area contributed by atoms with Crippen LogP contribution in [0.4, 0.5) is 0 Å². The molecule has 4 heteroatoms. The Morgan fingerprint density at radius 3 is 2.26 bits per heavy atom. The van der Waals surface area contributed by atoms with Crippen molar-refractivity contribution in [2.75, 3.05) is 27.4 Å². The lowest BCUT2D eigenvalue weighted by molar-refractivity contribution is 0.124. The molecule has 0 aliphatic rings. The molecule has 1 rings (SSSR count). The zero-order valence-corrected chi connectivity index (χ0v) is 12.2. The maximum Gasteiger partial charge on any atom is 0.118 e. The Kier molecular flexibility index (Phi) is 6.84. The number of aliphatic hydroxyl groups is 1. The smallest absolute Gasteiger partial charge is 0.118 e. The molecule has 0 spiro atoms. The van der Waals surface area contributed by atoms with Crippen LogP contribution in [0.5, 0.6) is 5.75 Å². The number of methoxy groups -OCH3 is 2. The Morgan fingerprint density at radius 2 is 1.79 bits per heavy atom. The molecular formula is C15H25NO3. The van der Waals surface area contributed by atoms with Crippen LogP contribution in [-0.2, 0) is 4.74 Å². The molecule has 0 saturated carbocycles. The minimum absolute atomic E-state index is 0.248. The van der Waals surface area contributed by atoms with Gasteiger partial charge in [-0.1, -0.05) is 26.0 Å². The van der Waals surface area contributed by atoms with E-state index in [2.05, 4.69) is 19.2 Å². The fourth-order valence-corrected chi connectivity index (χ4v) is 1.87. The molecule has 0 amide bonds. The van der Waals surface area contributed by atoms with Gasteiger partial charge in [0.1, 0.15) is 5.75 Å². The molecule has 0 heterocycles. The monoisotopic (exact) mass is 267 g/mol. The van der Waals surface area contributed by atoms with Gasteiger partial charge in [0, 0.05) is 19.7 Å². The number of benzene rings is 1. The number of aliphatic hydroxyl groups excluding tert-OH is 1. The highest BCUT2D eigenvalue weighted by atomic mass is 16.5. The molecule has 0 fully saturated rings. The topological polar surface area (TPSA) is 50.7 Å². The predicted molar refractivity (Wildman–Crippen MR) is 76.5 cm³/mol. The lowest BCUT2D eigenvalue weighted by atomic mass is 10.0. The lowest BCUT2D eigenvalue weighted by Crippen LogP contribution is -2.39. The van der Waals surface area contributed by atoms with Gasteiger partial charge in [-0.3, -0.25) is 0 Å². The molecule has 0 bridgehead atoms. The van der Waals surface area contributed by atoms with Gasteiger partial charge in [0.15, 0.2) is 0 Å². The molecule has 2 unspecified atom stereocenters. The summed E-state index contributed by atoms with van der Waals surface area (Å²) in [4.78, 5) is 0. The van der Waals surface area contributed by atoms with Crippen molar-refractivity contribution >= 4 is 0 Å². The van der Waals surface area contributed by atoms with Crippen LogP contribution in [0.1, 0.15) is 25.5 Å². The van der Waals surface area contributed by atoms with Crippen molar-refractivity contribution in [3.63, 3.8) is 0 Å². The fraction of sp³-hybridized carbons (Fsp3) is 0.600. The molecule has 108 valence electrons. The van der Waals surface area contributed by atoms with Crippen molar-refractivity contribution in [1.29, 1.82) is 0 Å². The molecule has 4 nitrogen and oxygen atoms in total. The van der Waals surface area contributed by atoms with Crippen LogP contribution in [0.25, 0.3) is 0 Å². The molecule has 2 N–H and O–H groups in total. The van der Waals surface area contributed by atoms with E-state index in [9.17, 15) is 5.11 Å². The standard InChI is InChI=1S/C15H25NO3/c1-11(2)14(10-18-3)16-9-15(17)12-5-7-13(19-4)8-6-12/h5-8,11,14-17H,9-10H2,1-4H3. The van der Waals surface area contributed by atoms with E-state index < -0.39 is 6.10 Å². The van der Waals surface area contributed by atoms with E-state index in [1.807, 2.05) is 24.3 Å². The summed E-state index contributed by atoms with van der Waals surface area (Å²) in [6.45, 7) is 5.43. The van der Waals surface area contributed by atoms with Crippen LogP contribution in [0, 0.1) is 5.92 Å². The summed E-state index contributed by atoms with van der Waals surface area (Å²) in [6, 6.07) is 7.72. The van der Waals surface area contributed by atoms with Crippen LogP contribution >= 0.6 is 0 Å². The first kappa shape index (κ1) is 16.0. The molecule has 2 atom stereocenters. The predicted octanol–water partition coefficient (Wildman–Crippen LogP) is 1.99. The van der Waals surface area contributed by atoms with Gasteiger partial charge in [0.2, 0.25) is 0 Å². The van der Waals surface area contributed by atoms with Gasteiger partial charge in [-0.05, 0) is 23.6 Å². The summed E-state index contributed by atoms with van der Waals surface area (Å²) >= 11 is 0. The summed E-state index contributed by atoms with van der Waals surface area (Å²) in [5.41, 5.74) is 0.883. The number of rotatable bonds is 8. The third-order valence-electron chi connectivity index (χ3n) is 3.22. The third kappa shape index (κ3) is 5.19. The van der Waals surface area contributed by atoms with Crippen molar-refractivity contribution in [2.45, 2.75) is 26.0 Å². The van der Waals surface area contributed by atoms with E-state index in [1.54, 1.807) is 14.2 Å². The van der Waals surface area contributed by atoms with Crippen LogP contribution in [-0.4, -0.2) is 38.5 Å². The summed E-state index contributed by atoms with van der Waals surface area (Å²) < 4.78 is 10.3. The van der Waals surface area contributed by atoms with Gasteiger partial charge < -0.3 is 19.9 Å². The highest BCUT2D eigenvalue weighted by Gasteiger charge is 2.15. The first-order chi connectivity index (χ1) is 9.08. The van der Waals surface area contributed by atoms with Crippen LogP contribution in [0.2, 0.25) is 0 Å². The Bertz CT molecular complexity index is 351. The minimum atomic E-state index is -0.524. The summed E-state index contributed by atoms with van der Waals surface area (Å²) in [5.74, 6) is 1.26. The Hall–Kier alpha value is -1.10. The first-order valence-electron chi connectivity index (χ1n) is 6.62. The van der Waals surface area contributed by atoms with Gasteiger partial charge >= 0.3 is 0 Å². The number of hydrogen-bond acceptors (Lipinski definition) is 4. The van der Waals surface area contributed by atoms with Crippen molar-refractivity contribution < 1.29 is 14.6 Å². The molecule has 1 aromatic rings. The molecule has 0 radical (unpaired) electrons. The van der Waals surface area contributed by atoms with E-state index in [1.165, 1.54) is 0 Å². The zero-order chi connectivity index (χ0) is 14.3. The SMILES string of the molecule is COCC(NCC(O)c1ccc(OC)cc1)C(C)C. The lowest BCUT2D eigenvalue weighted by Gasteiger charge is -2.23. The van der Waals surface area contributed by atoms with Crippen molar-refractivity contribution in [3.05, 3.63) is 29.8 Å². The highest BCUT2D eigenvalue weighted by molar-refractivity contribution is 5.28. The maximum absolute atomic E-state index is 10.1. The molecule has 0 aromatic heterocycles. The second-order valence-electron chi connectivity index (χ2n) is 5.00. The average molecular weight is 267 g/mol. The molecule has 1 aromatic carbocycles. The van der Waals surface area contributed by atoms with E-state index in [4.69, 9.17) is 9.47 Å². The quantitative estimate of drug-likeness (QED) is 0.756. The maximum atomic E-state index is 10.1. The molecule has 19 heavy (non-hydrogen) atoms. The van der Waals surface area contributed by atoms with Gasteiger partial charge in [-0.15, -0.1) is 0 Å². The van der Waals surface area contributed by atoms with Crippen molar-refractivity contribution in [3.8, 4) is 5.75 Å². The zero-order valence-electron chi connectivity index (χ0n) is 12.2. The summed E-state index contributed by atoms with van der Waals surface area (Å²) in [7, 11) is 3.32. The van der Waals surface area contributed by atoms with E-state index in [0.29, 0.717) is 19.1 Å². The second kappa shape index (κ2) is 8.15. The number of hydrogen-bond donors (Lipinski definition) is 2. The van der Waals surface area contributed by atoms with E-state index in [0.717, 1.165) is 11.3 Å². The Labute approximate surface area is 115 Å². The van der Waals surface area contributed by atoms with Crippen molar-refractivity contribution in [2.24, 2.45) is 5.92 Å². The summed E-state index contributed by atoms with van der Waals surface area (Å²) in [6.07, 6.45) is -0.524. The minimum Gasteiger partial charge on any atom is -0.497 e. The van der Waals surface area contributed by atoms with E-state index in [-0.39, 0.29) is 6.04 Å². The number of nitrogens with one attached hydrogen (secondary N) is 1. The molecular weight excluding hydrogens is 242 g/mol. The molecule has 0 aliphatic heterocycles. The first-order valence-corrected chi connectivity index (χ1v) is 6.62. The Balaban J connectivity index is 2.50. The van der Waals surface area contributed by atoms with E-state index >= 15 is 0 Å². The third-order valence-corrected chi connectivity index (χ3v) is 3.22. The van der Waals surface area contributed by atoms with Gasteiger partial charge in [-0.25, -0.2) is 0 Å². The summed E-state index contributed by atoms with van der Waals surface area (Å²) in [5, 5.41) is 13.5. The normalized spacial score (nSPS) is 14.4. The van der Waals surface area contributed by atoms with Gasteiger partial charge in [-0.2, -0.15) is 0 Å². The van der Waals surface area contributed by atoms with Gasteiger partial charge in [0.05, 0.1) is 19.8 Å².